The highest BCUT2D eigenvalue weighted by atomic mass is 35.5. The fourth-order valence-corrected chi connectivity index (χ4v) is 2.35. The molecule has 96 valence electrons. The molecule has 0 saturated heterocycles. The first-order valence-electron chi connectivity index (χ1n) is 6.71. The molecule has 0 amide bonds. The highest BCUT2D eigenvalue weighted by Gasteiger charge is 2.07. The van der Waals surface area contributed by atoms with Gasteiger partial charge in [0.05, 0.1) is 10.5 Å². The van der Waals surface area contributed by atoms with Crippen LogP contribution in [0.4, 0.5) is 0 Å². The summed E-state index contributed by atoms with van der Waals surface area (Å²) in [7, 11) is 0. The zero-order valence-electron chi connectivity index (χ0n) is 11.3. The third-order valence-electron chi connectivity index (χ3n) is 3.25. The highest BCUT2D eigenvalue weighted by Crippen LogP contribution is 2.27. The van der Waals surface area contributed by atoms with E-state index in [0.717, 1.165) is 28.0 Å². The van der Waals surface area contributed by atoms with Crippen LogP contribution in [0.25, 0.3) is 10.9 Å². The predicted molar refractivity (Wildman–Crippen MR) is 79.5 cm³/mol. The second-order valence-electron chi connectivity index (χ2n) is 5.14. The molecule has 2 heteroatoms. The summed E-state index contributed by atoms with van der Waals surface area (Å²) in [5, 5.41) is 1.90. The van der Waals surface area contributed by atoms with Crippen LogP contribution in [0.1, 0.15) is 50.8 Å². The average Bonchev–Trinajstić information content (AvgIpc) is 2.36. The minimum Gasteiger partial charge on any atom is -0.252 e. The lowest BCUT2D eigenvalue weighted by Crippen LogP contribution is -1.94. The van der Waals surface area contributed by atoms with Gasteiger partial charge < -0.3 is 0 Å². The van der Waals surface area contributed by atoms with Gasteiger partial charge in [-0.2, -0.15) is 0 Å². The van der Waals surface area contributed by atoms with Crippen LogP contribution in [-0.4, -0.2) is 4.98 Å². The van der Waals surface area contributed by atoms with E-state index in [0.29, 0.717) is 5.92 Å². The molecule has 0 aliphatic carbocycles. The Kier molecular flexibility index (Phi) is 4.23. The van der Waals surface area contributed by atoms with Crippen molar-refractivity contribution in [1.29, 1.82) is 0 Å². The Morgan fingerprint density at radius 2 is 2.00 bits per heavy atom. The van der Waals surface area contributed by atoms with Gasteiger partial charge in [0, 0.05) is 11.1 Å². The first-order valence-corrected chi connectivity index (χ1v) is 7.08. The van der Waals surface area contributed by atoms with Crippen molar-refractivity contribution in [1.82, 2.24) is 4.98 Å². The van der Waals surface area contributed by atoms with E-state index in [1.807, 2.05) is 6.07 Å². The average molecular weight is 262 g/mol. The number of nitrogens with zero attached hydrogens (tertiary/aromatic N) is 1. The van der Waals surface area contributed by atoms with Crippen LogP contribution in [0.15, 0.2) is 24.3 Å². The van der Waals surface area contributed by atoms with Crippen molar-refractivity contribution in [3.63, 3.8) is 0 Å². The van der Waals surface area contributed by atoms with Crippen LogP contribution < -0.4 is 0 Å². The number of halogens is 1. The zero-order valence-corrected chi connectivity index (χ0v) is 12.1. The summed E-state index contributed by atoms with van der Waals surface area (Å²) >= 11 is 6.37. The largest absolute Gasteiger partial charge is 0.252 e. The number of fused-ring (bicyclic) bond motifs is 1. The molecular weight excluding hydrogens is 242 g/mol. The fraction of sp³-hybridized carbons (Fsp3) is 0.438. The van der Waals surface area contributed by atoms with Crippen LogP contribution in [0.2, 0.25) is 5.02 Å². The molecule has 0 aliphatic heterocycles. The molecule has 2 aromatic rings. The topological polar surface area (TPSA) is 12.9 Å². The first-order chi connectivity index (χ1) is 8.61. The fourth-order valence-electron chi connectivity index (χ4n) is 2.08. The van der Waals surface area contributed by atoms with Crippen molar-refractivity contribution in [2.24, 2.45) is 0 Å². The molecule has 1 aromatic carbocycles. The maximum atomic E-state index is 6.37. The lowest BCUT2D eigenvalue weighted by Gasteiger charge is -2.09. The summed E-state index contributed by atoms with van der Waals surface area (Å²) in [5.41, 5.74) is 3.42. The number of rotatable bonds is 4. The molecule has 18 heavy (non-hydrogen) atoms. The summed E-state index contributed by atoms with van der Waals surface area (Å²) in [5.74, 6) is 0.409. The molecule has 0 atom stereocenters. The maximum Gasteiger partial charge on any atom is 0.0720 e. The molecule has 0 spiro atoms. The molecule has 0 aliphatic rings. The molecule has 0 bridgehead atoms. The minimum absolute atomic E-state index is 0.409. The monoisotopic (exact) mass is 261 g/mol. The normalized spacial score (nSPS) is 11.4. The Bertz CT molecular complexity index is 546. The van der Waals surface area contributed by atoms with Gasteiger partial charge in [0.15, 0.2) is 0 Å². The number of pyridine rings is 1. The third-order valence-corrected chi connectivity index (χ3v) is 3.57. The van der Waals surface area contributed by atoms with Crippen LogP contribution in [0, 0.1) is 0 Å². The van der Waals surface area contributed by atoms with Gasteiger partial charge >= 0.3 is 0 Å². The number of benzene rings is 1. The second kappa shape index (κ2) is 5.71. The number of unbranched alkanes of at least 4 members (excludes halogenated alkanes) is 1. The smallest absolute Gasteiger partial charge is 0.0720 e. The van der Waals surface area contributed by atoms with Crippen molar-refractivity contribution < 1.29 is 0 Å². The molecule has 2 rings (SSSR count). The Balaban J connectivity index is 2.44. The lowest BCUT2D eigenvalue weighted by molar-refractivity contribution is 0.795. The summed E-state index contributed by atoms with van der Waals surface area (Å²) < 4.78 is 0. The van der Waals surface area contributed by atoms with Crippen molar-refractivity contribution in [3.8, 4) is 0 Å². The van der Waals surface area contributed by atoms with E-state index in [9.17, 15) is 0 Å². The lowest BCUT2D eigenvalue weighted by atomic mass is 10.0. The van der Waals surface area contributed by atoms with Crippen LogP contribution >= 0.6 is 11.6 Å². The maximum absolute atomic E-state index is 6.37. The molecule has 0 saturated carbocycles. The van der Waals surface area contributed by atoms with Crippen molar-refractivity contribution in [3.05, 3.63) is 40.5 Å². The van der Waals surface area contributed by atoms with Crippen molar-refractivity contribution in [2.45, 2.75) is 46.0 Å². The summed E-state index contributed by atoms with van der Waals surface area (Å²) in [6.07, 6.45) is 3.56. The molecular formula is C16H20ClN. The Morgan fingerprint density at radius 3 is 2.67 bits per heavy atom. The molecule has 0 fully saturated rings. The van der Waals surface area contributed by atoms with Gasteiger partial charge in [-0.1, -0.05) is 44.9 Å². The van der Waals surface area contributed by atoms with Gasteiger partial charge in [-0.3, -0.25) is 4.98 Å². The Hall–Kier alpha value is -1.08. The van der Waals surface area contributed by atoms with Gasteiger partial charge in [-0.05, 0) is 42.5 Å². The van der Waals surface area contributed by atoms with Gasteiger partial charge in [0.2, 0.25) is 0 Å². The molecule has 0 N–H and O–H groups in total. The molecule has 0 unspecified atom stereocenters. The van der Waals surface area contributed by atoms with Gasteiger partial charge in [0.1, 0.15) is 0 Å². The predicted octanol–water partition coefficient (Wildman–Crippen LogP) is 5.35. The number of aromatic nitrogens is 1. The zero-order chi connectivity index (χ0) is 13.1. The quantitative estimate of drug-likeness (QED) is 0.723. The van der Waals surface area contributed by atoms with E-state index in [1.54, 1.807) is 0 Å². The van der Waals surface area contributed by atoms with Crippen molar-refractivity contribution >= 4 is 22.5 Å². The van der Waals surface area contributed by atoms with Crippen LogP contribution in [0.3, 0.4) is 0 Å². The summed E-state index contributed by atoms with van der Waals surface area (Å²) in [6, 6.07) is 8.45. The molecule has 1 aromatic heterocycles. The Morgan fingerprint density at radius 1 is 1.22 bits per heavy atom. The second-order valence-corrected chi connectivity index (χ2v) is 5.55. The summed E-state index contributed by atoms with van der Waals surface area (Å²) in [6.45, 7) is 6.49. The van der Waals surface area contributed by atoms with Crippen LogP contribution in [0.5, 0.6) is 0 Å². The number of aryl methyl sites for hydroxylation is 1. The van der Waals surface area contributed by atoms with Gasteiger partial charge in [-0.25, -0.2) is 0 Å². The van der Waals surface area contributed by atoms with E-state index in [1.165, 1.54) is 18.4 Å². The standard InChI is InChI=1S/C16H20ClN/c1-4-5-6-12-7-8-15-13(9-12)14(17)10-16(18-15)11(2)3/h7-11H,4-6H2,1-3H3. The molecule has 1 nitrogen and oxygen atoms in total. The summed E-state index contributed by atoms with van der Waals surface area (Å²) in [4.78, 5) is 4.67. The highest BCUT2D eigenvalue weighted by molar-refractivity contribution is 6.35. The van der Waals surface area contributed by atoms with E-state index in [2.05, 4.69) is 44.0 Å². The van der Waals surface area contributed by atoms with E-state index in [-0.39, 0.29) is 0 Å². The SMILES string of the molecule is CCCCc1ccc2nc(C(C)C)cc(Cl)c2c1. The van der Waals surface area contributed by atoms with E-state index in [4.69, 9.17) is 11.6 Å². The molecule has 0 radical (unpaired) electrons. The van der Waals surface area contributed by atoms with Gasteiger partial charge in [0.25, 0.3) is 0 Å². The van der Waals surface area contributed by atoms with E-state index < -0.39 is 0 Å². The van der Waals surface area contributed by atoms with E-state index >= 15 is 0 Å². The Labute approximate surface area is 114 Å². The molecule has 1 heterocycles. The van der Waals surface area contributed by atoms with Crippen molar-refractivity contribution in [2.75, 3.05) is 0 Å². The van der Waals surface area contributed by atoms with Gasteiger partial charge in [-0.15, -0.1) is 0 Å². The third kappa shape index (κ3) is 2.84. The number of hydrogen-bond donors (Lipinski definition) is 0. The minimum atomic E-state index is 0.409. The van der Waals surface area contributed by atoms with Crippen LogP contribution in [-0.2, 0) is 6.42 Å². The first kappa shape index (κ1) is 13.4. The number of hydrogen-bond acceptors (Lipinski definition) is 1.